The zero-order chi connectivity index (χ0) is 4.62. The molecule has 36 valence electrons. The SMILES string of the molecule is C[C]1([GeH3])CCC1. The third-order valence-corrected chi connectivity index (χ3v) is 3.81. The Morgan fingerprint density at radius 1 is 1.50 bits per heavy atom. The van der Waals surface area contributed by atoms with Crippen molar-refractivity contribution >= 4 is 16.5 Å². The first-order valence-corrected chi connectivity index (χ1v) is 4.81. The molecule has 1 saturated carbocycles. The summed E-state index contributed by atoms with van der Waals surface area (Å²) in [6.45, 7) is 2.41. The van der Waals surface area contributed by atoms with Crippen LogP contribution in [0.3, 0.4) is 0 Å². The molecule has 0 nitrogen and oxygen atoms in total. The molecule has 1 heteroatoms. The van der Waals surface area contributed by atoms with Crippen molar-refractivity contribution < 1.29 is 0 Å². The predicted octanol–water partition coefficient (Wildman–Crippen LogP) is 0.714. The minimum absolute atomic E-state index is 0.910. The monoisotopic (exact) mass is 146 g/mol. The van der Waals surface area contributed by atoms with E-state index in [0.29, 0.717) is 0 Å². The van der Waals surface area contributed by atoms with Gasteiger partial charge in [-0.1, -0.05) is 0 Å². The van der Waals surface area contributed by atoms with Gasteiger partial charge in [-0.05, 0) is 0 Å². The summed E-state index contributed by atoms with van der Waals surface area (Å²) >= 11 is 1.10. The van der Waals surface area contributed by atoms with Crippen LogP contribution in [0.2, 0.25) is 4.25 Å². The van der Waals surface area contributed by atoms with E-state index in [1.807, 2.05) is 0 Å². The third kappa shape index (κ3) is 0.781. The molecule has 0 unspecified atom stereocenters. The molecule has 0 heterocycles. The molecule has 0 aromatic rings. The summed E-state index contributed by atoms with van der Waals surface area (Å²) in [4.78, 5) is 0. The quantitative estimate of drug-likeness (QED) is 0.440. The van der Waals surface area contributed by atoms with Crippen LogP contribution in [0.25, 0.3) is 0 Å². The molecule has 0 N–H and O–H groups in total. The van der Waals surface area contributed by atoms with Crippen LogP contribution >= 0.6 is 0 Å². The van der Waals surface area contributed by atoms with Crippen molar-refractivity contribution in [3.8, 4) is 0 Å². The van der Waals surface area contributed by atoms with Crippen molar-refractivity contribution in [2.75, 3.05) is 0 Å². The van der Waals surface area contributed by atoms with Gasteiger partial charge < -0.3 is 0 Å². The number of hydrogen-bond acceptors (Lipinski definition) is 0. The fourth-order valence-electron chi connectivity index (χ4n) is 0.884. The Morgan fingerprint density at radius 2 is 1.83 bits per heavy atom. The molecule has 0 saturated heterocycles. The normalized spacial score (nSPS) is 29.5. The Kier molecular flexibility index (Phi) is 0.983. The van der Waals surface area contributed by atoms with Crippen LogP contribution < -0.4 is 0 Å². The molecule has 1 aliphatic rings. The van der Waals surface area contributed by atoms with E-state index in [2.05, 4.69) is 6.92 Å². The molecule has 1 fully saturated rings. The van der Waals surface area contributed by atoms with Gasteiger partial charge in [-0.3, -0.25) is 0 Å². The molecule has 0 aliphatic heterocycles. The average molecular weight is 145 g/mol. The second-order valence-electron chi connectivity index (χ2n) is 3.02. The van der Waals surface area contributed by atoms with E-state index in [0.717, 1.165) is 20.8 Å². The summed E-state index contributed by atoms with van der Waals surface area (Å²) < 4.78 is 0.910. The van der Waals surface area contributed by atoms with Gasteiger partial charge in [0.25, 0.3) is 0 Å². The number of rotatable bonds is 0. The van der Waals surface area contributed by atoms with Crippen molar-refractivity contribution in [3.05, 3.63) is 0 Å². The van der Waals surface area contributed by atoms with Crippen LogP contribution in [-0.4, -0.2) is 16.5 Å². The fourth-order valence-corrected chi connectivity index (χ4v) is 2.37. The van der Waals surface area contributed by atoms with E-state index in [1.54, 1.807) is 0 Å². The van der Waals surface area contributed by atoms with Crippen molar-refractivity contribution in [3.63, 3.8) is 0 Å². The van der Waals surface area contributed by atoms with Crippen LogP contribution in [0.4, 0.5) is 0 Å². The summed E-state index contributed by atoms with van der Waals surface area (Å²) in [5, 5.41) is 0. The molecule has 1 rings (SSSR count). The van der Waals surface area contributed by atoms with Crippen LogP contribution in [0.1, 0.15) is 26.2 Å². The molecule has 0 spiro atoms. The molecule has 6 heavy (non-hydrogen) atoms. The van der Waals surface area contributed by atoms with E-state index in [1.165, 1.54) is 19.3 Å². The summed E-state index contributed by atoms with van der Waals surface area (Å²) in [7, 11) is 0. The van der Waals surface area contributed by atoms with E-state index in [-0.39, 0.29) is 0 Å². The van der Waals surface area contributed by atoms with Crippen molar-refractivity contribution in [2.24, 2.45) is 0 Å². The molecule has 0 bridgehead atoms. The van der Waals surface area contributed by atoms with Crippen LogP contribution in [0.5, 0.6) is 0 Å². The molecular formula is C5H12Ge. The Labute approximate surface area is 47.5 Å². The van der Waals surface area contributed by atoms with E-state index in [4.69, 9.17) is 0 Å². The Hall–Kier alpha value is 0.543. The minimum atomic E-state index is 0.910. The van der Waals surface area contributed by atoms with Gasteiger partial charge in [0.2, 0.25) is 0 Å². The van der Waals surface area contributed by atoms with Gasteiger partial charge in [0.05, 0.1) is 0 Å². The third-order valence-electron chi connectivity index (χ3n) is 1.71. The fraction of sp³-hybridized carbons (Fsp3) is 1.00. The van der Waals surface area contributed by atoms with E-state index in [9.17, 15) is 0 Å². The van der Waals surface area contributed by atoms with Crippen LogP contribution in [0, 0.1) is 0 Å². The maximum atomic E-state index is 2.41. The van der Waals surface area contributed by atoms with Crippen molar-refractivity contribution in [1.29, 1.82) is 0 Å². The second-order valence-corrected chi connectivity index (χ2v) is 8.08. The summed E-state index contributed by atoms with van der Waals surface area (Å²) in [5.41, 5.74) is 0. The first kappa shape index (κ1) is 4.70. The maximum absolute atomic E-state index is 2.41. The zero-order valence-corrected chi connectivity index (χ0v) is 8.82. The first-order chi connectivity index (χ1) is 2.71. The topological polar surface area (TPSA) is 0 Å². The van der Waals surface area contributed by atoms with Crippen LogP contribution in [-0.2, 0) is 0 Å². The number of hydrogen-bond donors (Lipinski definition) is 0. The van der Waals surface area contributed by atoms with E-state index >= 15 is 0 Å². The Bertz CT molecular complexity index is 51.0. The molecule has 0 aromatic heterocycles. The first-order valence-electron chi connectivity index (χ1n) is 2.71. The Morgan fingerprint density at radius 3 is 1.83 bits per heavy atom. The molecule has 0 amide bonds. The van der Waals surface area contributed by atoms with Gasteiger partial charge in [-0.25, -0.2) is 0 Å². The van der Waals surface area contributed by atoms with Gasteiger partial charge in [0, 0.05) is 0 Å². The standard InChI is InChI=1S/C5H12Ge/c1-5(6)3-2-4-5/h2-4H2,1,6H3. The van der Waals surface area contributed by atoms with Crippen molar-refractivity contribution in [1.82, 2.24) is 0 Å². The van der Waals surface area contributed by atoms with Gasteiger partial charge in [-0.2, -0.15) is 0 Å². The average Bonchev–Trinajstić information content (AvgIpc) is 1.32. The van der Waals surface area contributed by atoms with Crippen LogP contribution in [0.15, 0.2) is 0 Å². The second kappa shape index (κ2) is 1.26. The summed E-state index contributed by atoms with van der Waals surface area (Å²) in [6.07, 6.45) is 4.58. The molecule has 0 radical (unpaired) electrons. The Balaban J connectivity index is 2.31. The van der Waals surface area contributed by atoms with Gasteiger partial charge >= 0.3 is 46.9 Å². The summed E-state index contributed by atoms with van der Waals surface area (Å²) in [6, 6.07) is 0. The predicted molar refractivity (Wildman–Crippen MR) is 32.2 cm³/mol. The molecule has 0 atom stereocenters. The zero-order valence-electron chi connectivity index (χ0n) is 4.62. The van der Waals surface area contributed by atoms with Crippen molar-refractivity contribution in [2.45, 2.75) is 30.4 Å². The molecular weight excluding hydrogens is 133 g/mol. The van der Waals surface area contributed by atoms with E-state index < -0.39 is 0 Å². The van der Waals surface area contributed by atoms with Gasteiger partial charge in [0.15, 0.2) is 0 Å². The van der Waals surface area contributed by atoms with Gasteiger partial charge in [0.1, 0.15) is 0 Å². The molecule has 0 aromatic carbocycles. The van der Waals surface area contributed by atoms with Gasteiger partial charge in [-0.15, -0.1) is 0 Å². The molecule has 1 aliphatic carbocycles. The summed E-state index contributed by atoms with van der Waals surface area (Å²) in [5.74, 6) is 0.